The van der Waals surface area contributed by atoms with Crippen LogP contribution in [0.2, 0.25) is 0 Å². The van der Waals surface area contributed by atoms with Crippen LogP contribution in [0.4, 0.5) is 0 Å². The van der Waals surface area contributed by atoms with E-state index in [9.17, 15) is 4.79 Å². The lowest BCUT2D eigenvalue weighted by atomic mass is 10.0. The second kappa shape index (κ2) is 7.97. The second-order valence-electron chi connectivity index (χ2n) is 6.24. The van der Waals surface area contributed by atoms with Crippen LogP contribution in [-0.4, -0.2) is 30.6 Å². The zero-order chi connectivity index (χ0) is 16.8. The van der Waals surface area contributed by atoms with E-state index in [2.05, 4.69) is 34.7 Å². The van der Waals surface area contributed by atoms with Gasteiger partial charge in [-0.2, -0.15) is 0 Å². The average Bonchev–Trinajstić information content (AvgIpc) is 3.03. The Kier molecular flexibility index (Phi) is 5.49. The van der Waals surface area contributed by atoms with Crippen LogP contribution in [0.5, 0.6) is 5.75 Å². The lowest BCUT2D eigenvalue weighted by Crippen LogP contribution is -2.46. The Balaban J connectivity index is 1.54. The fourth-order valence-corrected chi connectivity index (χ4v) is 3.21. The Morgan fingerprint density at radius 3 is 2.58 bits per heavy atom. The molecule has 0 unspecified atom stereocenters. The molecular weight excluding hydrogens is 300 g/mol. The van der Waals surface area contributed by atoms with Crippen LogP contribution in [0.3, 0.4) is 0 Å². The number of benzene rings is 2. The topological polar surface area (TPSA) is 41.6 Å². The van der Waals surface area contributed by atoms with E-state index < -0.39 is 0 Å². The highest BCUT2D eigenvalue weighted by atomic mass is 16.5. The number of amides is 1. The van der Waals surface area contributed by atoms with Crippen molar-refractivity contribution >= 4 is 5.91 Å². The number of carbonyl (C=O) groups excluding carboxylic acids is 1. The summed E-state index contributed by atoms with van der Waals surface area (Å²) in [6.45, 7) is 0.922. The molecule has 1 atom stereocenters. The van der Waals surface area contributed by atoms with Gasteiger partial charge < -0.3 is 4.74 Å². The van der Waals surface area contributed by atoms with Crippen molar-refractivity contribution in [3.63, 3.8) is 0 Å². The molecule has 0 aliphatic carbocycles. The largest absolute Gasteiger partial charge is 0.497 e. The van der Waals surface area contributed by atoms with E-state index in [1.807, 2.05) is 30.3 Å². The first-order chi connectivity index (χ1) is 11.7. The van der Waals surface area contributed by atoms with Gasteiger partial charge >= 0.3 is 0 Å². The minimum absolute atomic E-state index is 0.0418. The summed E-state index contributed by atoms with van der Waals surface area (Å²) in [5, 5.41) is 2.11. The number of rotatable bonds is 6. The number of nitrogens with one attached hydrogen (secondary N) is 1. The Labute approximate surface area is 143 Å². The third kappa shape index (κ3) is 4.36. The standard InChI is InChI=1S/C20H24N2O2/c1-24-19-11-9-17(10-12-19)15-20(23)21-22-13-5-8-18(22)14-16-6-3-2-4-7-16/h2-4,6-7,9-12,18H,5,8,13-15H2,1H3,(H,21,23)/t18-/m0/s1. The van der Waals surface area contributed by atoms with Gasteiger partial charge in [0.2, 0.25) is 5.91 Å². The molecule has 0 saturated carbocycles. The van der Waals surface area contributed by atoms with E-state index in [0.29, 0.717) is 12.5 Å². The minimum Gasteiger partial charge on any atom is -0.497 e. The smallest absolute Gasteiger partial charge is 0.238 e. The summed E-state index contributed by atoms with van der Waals surface area (Å²) in [5.41, 5.74) is 5.40. The Hall–Kier alpha value is -2.33. The zero-order valence-corrected chi connectivity index (χ0v) is 14.1. The lowest BCUT2D eigenvalue weighted by Gasteiger charge is -2.25. The fraction of sp³-hybridized carbons (Fsp3) is 0.350. The first-order valence-corrected chi connectivity index (χ1v) is 8.47. The molecule has 3 rings (SSSR count). The molecule has 126 valence electrons. The second-order valence-corrected chi connectivity index (χ2v) is 6.24. The highest BCUT2D eigenvalue weighted by Crippen LogP contribution is 2.19. The van der Waals surface area contributed by atoms with Crippen LogP contribution in [0.1, 0.15) is 24.0 Å². The molecule has 0 bridgehead atoms. The van der Waals surface area contributed by atoms with Crippen molar-refractivity contribution in [1.82, 2.24) is 10.4 Å². The van der Waals surface area contributed by atoms with Crippen molar-refractivity contribution in [2.24, 2.45) is 0 Å². The predicted molar refractivity (Wildman–Crippen MR) is 94.7 cm³/mol. The minimum atomic E-state index is 0.0418. The molecule has 1 aliphatic rings. The molecule has 4 nitrogen and oxygen atoms in total. The summed E-state index contributed by atoms with van der Waals surface area (Å²) in [7, 11) is 1.64. The van der Waals surface area contributed by atoms with E-state index in [1.54, 1.807) is 7.11 Å². The number of carbonyl (C=O) groups is 1. The molecule has 1 N–H and O–H groups in total. The molecule has 0 radical (unpaired) electrons. The van der Waals surface area contributed by atoms with E-state index >= 15 is 0 Å². The van der Waals surface area contributed by atoms with Gasteiger partial charge in [0.15, 0.2) is 0 Å². The molecule has 0 aromatic heterocycles. The van der Waals surface area contributed by atoms with Crippen molar-refractivity contribution in [3.8, 4) is 5.75 Å². The summed E-state index contributed by atoms with van der Waals surface area (Å²) in [6.07, 6.45) is 3.61. The zero-order valence-electron chi connectivity index (χ0n) is 14.1. The lowest BCUT2D eigenvalue weighted by molar-refractivity contribution is -0.125. The highest BCUT2D eigenvalue weighted by molar-refractivity contribution is 5.78. The highest BCUT2D eigenvalue weighted by Gasteiger charge is 2.26. The maximum absolute atomic E-state index is 12.3. The summed E-state index contributed by atoms with van der Waals surface area (Å²) >= 11 is 0. The molecule has 24 heavy (non-hydrogen) atoms. The summed E-state index contributed by atoms with van der Waals surface area (Å²) < 4.78 is 5.14. The fourth-order valence-electron chi connectivity index (χ4n) is 3.21. The van der Waals surface area contributed by atoms with Crippen LogP contribution < -0.4 is 10.2 Å². The molecule has 2 aromatic carbocycles. The van der Waals surface area contributed by atoms with Gasteiger partial charge in [0.05, 0.1) is 13.5 Å². The van der Waals surface area contributed by atoms with E-state index in [1.165, 1.54) is 5.56 Å². The van der Waals surface area contributed by atoms with Crippen LogP contribution in [-0.2, 0) is 17.6 Å². The van der Waals surface area contributed by atoms with E-state index in [0.717, 1.165) is 37.1 Å². The number of hydrazine groups is 1. The van der Waals surface area contributed by atoms with Gasteiger partial charge in [-0.1, -0.05) is 42.5 Å². The number of hydrogen-bond acceptors (Lipinski definition) is 3. The number of nitrogens with zero attached hydrogens (tertiary/aromatic N) is 1. The molecule has 1 saturated heterocycles. The molecule has 1 aliphatic heterocycles. The van der Waals surface area contributed by atoms with E-state index in [4.69, 9.17) is 4.74 Å². The van der Waals surface area contributed by atoms with Crippen molar-refractivity contribution < 1.29 is 9.53 Å². The quantitative estimate of drug-likeness (QED) is 0.888. The van der Waals surface area contributed by atoms with Crippen molar-refractivity contribution in [2.45, 2.75) is 31.7 Å². The third-order valence-corrected chi connectivity index (χ3v) is 4.48. The molecular formula is C20H24N2O2. The molecule has 1 amide bonds. The molecule has 1 heterocycles. The summed E-state index contributed by atoms with van der Waals surface area (Å²) in [6, 6.07) is 18.5. The molecule has 1 fully saturated rings. The Morgan fingerprint density at radius 2 is 1.88 bits per heavy atom. The molecule has 4 heteroatoms. The average molecular weight is 324 g/mol. The van der Waals surface area contributed by atoms with Gasteiger partial charge in [-0.3, -0.25) is 10.2 Å². The first-order valence-electron chi connectivity index (χ1n) is 8.47. The van der Waals surface area contributed by atoms with Gasteiger partial charge in [-0.15, -0.1) is 0 Å². The number of ether oxygens (including phenoxy) is 1. The first kappa shape index (κ1) is 16.5. The van der Waals surface area contributed by atoms with Crippen LogP contribution in [0.25, 0.3) is 0 Å². The number of methoxy groups -OCH3 is 1. The maximum atomic E-state index is 12.3. The molecule has 2 aromatic rings. The van der Waals surface area contributed by atoms with Crippen LogP contribution in [0.15, 0.2) is 54.6 Å². The molecule has 0 spiro atoms. The van der Waals surface area contributed by atoms with Crippen LogP contribution in [0, 0.1) is 0 Å². The summed E-state index contributed by atoms with van der Waals surface area (Å²) in [5.74, 6) is 0.849. The third-order valence-electron chi connectivity index (χ3n) is 4.48. The Morgan fingerprint density at radius 1 is 1.12 bits per heavy atom. The SMILES string of the molecule is COc1ccc(CC(=O)NN2CCC[C@H]2Cc2ccccc2)cc1. The normalized spacial score (nSPS) is 17.6. The maximum Gasteiger partial charge on any atom is 0.238 e. The van der Waals surface area contributed by atoms with Gasteiger partial charge in [0, 0.05) is 12.6 Å². The van der Waals surface area contributed by atoms with Gasteiger partial charge in [0.25, 0.3) is 0 Å². The predicted octanol–water partition coefficient (Wildman–Crippen LogP) is 2.98. The van der Waals surface area contributed by atoms with Crippen molar-refractivity contribution in [1.29, 1.82) is 0 Å². The van der Waals surface area contributed by atoms with Gasteiger partial charge in [-0.25, -0.2) is 5.01 Å². The van der Waals surface area contributed by atoms with Gasteiger partial charge in [-0.05, 0) is 42.5 Å². The van der Waals surface area contributed by atoms with E-state index in [-0.39, 0.29) is 5.91 Å². The monoisotopic (exact) mass is 324 g/mol. The number of hydrogen-bond donors (Lipinski definition) is 1. The van der Waals surface area contributed by atoms with Crippen molar-refractivity contribution in [2.75, 3.05) is 13.7 Å². The van der Waals surface area contributed by atoms with Gasteiger partial charge in [0.1, 0.15) is 5.75 Å². The van der Waals surface area contributed by atoms with Crippen LogP contribution >= 0.6 is 0 Å². The summed E-state index contributed by atoms with van der Waals surface area (Å²) in [4.78, 5) is 12.3. The Bertz CT molecular complexity index is 655. The van der Waals surface area contributed by atoms with Crippen molar-refractivity contribution in [3.05, 3.63) is 65.7 Å².